The van der Waals surface area contributed by atoms with Crippen LogP contribution in [0, 0.1) is 5.82 Å². The minimum atomic E-state index is -0.226. The molecule has 2 rings (SSSR count). The molecule has 0 amide bonds. The van der Waals surface area contributed by atoms with E-state index in [4.69, 9.17) is 0 Å². The van der Waals surface area contributed by atoms with Crippen molar-refractivity contribution in [1.82, 2.24) is 5.32 Å². The lowest BCUT2D eigenvalue weighted by Crippen LogP contribution is -2.18. The highest BCUT2D eigenvalue weighted by atomic mass is 79.9. The highest BCUT2D eigenvalue weighted by Crippen LogP contribution is 2.21. The summed E-state index contributed by atoms with van der Waals surface area (Å²) in [5.41, 5.74) is 2.26. The Kier molecular flexibility index (Phi) is 5.13. The Bertz CT molecular complexity index is 572. The molecule has 2 aromatic carbocycles. The minimum absolute atomic E-state index is 0.226. The molecular formula is C15H14Br2FN. The number of benzene rings is 2. The smallest absolute Gasteiger partial charge is 0.124 e. The predicted molar refractivity (Wildman–Crippen MR) is 83.5 cm³/mol. The third-order valence-electron chi connectivity index (χ3n) is 2.96. The van der Waals surface area contributed by atoms with Gasteiger partial charge in [-0.1, -0.05) is 50.1 Å². The van der Waals surface area contributed by atoms with Crippen molar-refractivity contribution in [1.29, 1.82) is 0 Å². The Morgan fingerprint density at radius 1 is 1.16 bits per heavy atom. The van der Waals surface area contributed by atoms with Gasteiger partial charge in [0.25, 0.3) is 0 Å². The van der Waals surface area contributed by atoms with E-state index >= 15 is 0 Å². The first kappa shape index (κ1) is 14.7. The van der Waals surface area contributed by atoms with Crippen molar-refractivity contribution in [3.63, 3.8) is 0 Å². The second-order valence-electron chi connectivity index (χ2n) is 4.39. The van der Waals surface area contributed by atoms with Gasteiger partial charge in [-0.25, -0.2) is 4.39 Å². The highest BCUT2D eigenvalue weighted by Gasteiger charge is 2.07. The molecule has 2 aromatic rings. The molecule has 0 radical (unpaired) electrons. The summed E-state index contributed by atoms with van der Waals surface area (Å²) in [7, 11) is 0. The maximum atomic E-state index is 13.0. The number of hydrogen-bond acceptors (Lipinski definition) is 1. The van der Waals surface area contributed by atoms with Gasteiger partial charge >= 0.3 is 0 Å². The monoisotopic (exact) mass is 385 g/mol. The van der Waals surface area contributed by atoms with Crippen molar-refractivity contribution >= 4 is 31.9 Å². The van der Waals surface area contributed by atoms with E-state index in [1.54, 1.807) is 6.07 Å². The molecule has 0 aliphatic carbocycles. The Morgan fingerprint density at radius 2 is 1.95 bits per heavy atom. The molecule has 0 aromatic heterocycles. The van der Waals surface area contributed by atoms with Crippen LogP contribution in [0.1, 0.15) is 24.1 Å². The lowest BCUT2D eigenvalue weighted by molar-refractivity contribution is 0.571. The highest BCUT2D eigenvalue weighted by molar-refractivity contribution is 9.10. The van der Waals surface area contributed by atoms with E-state index < -0.39 is 0 Å². The second-order valence-corrected chi connectivity index (χ2v) is 6.16. The van der Waals surface area contributed by atoms with Gasteiger partial charge in [-0.3, -0.25) is 0 Å². The fourth-order valence-electron chi connectivity index (χ4n) is 1.82. The first-order chi connectivity index (χ1) is 9.06. The summed E-state index contributed by atoms with van der Waals surface area (Å²) in [4.78, 5) is 0. The van der Waals surface area contributed by atoms with Crippen LogP contribution in [0.15, 0.2) is 51.4 Å². The molecular weight excluding hydrogens is 373 g/mol. The van der Waals surface area contributed by atoms with E-state index in [1.165, 1.54) is 17.7 Å². The van der Waals surface area contributed by atoms with E-state index in [9.17, 15) is 4.39 Å². The van der Waals surface area contributed by atoms with Gasteiger partial charge in [-0.2, -0.15) is 0 Å². The van der Waals surface area contributed by atoms with Gasteiger partial charge in [0.15, 0.2) is 0 Å². The molecule has 0 bridgehead atoms. The molecule has 0 aliphatic rings. The SMILES string of the molecule is C[C@@H](NCc1ccc(F)cc1Br)c1cccc(Br)c1. The van der Waals surface area contributed by atoms with Gasteiger partial charge in [0.05, 0.1) is 0 Å². The third kappa shape index (κ3) is 4.13. The van der Waals surface area contributed by atoms with Crippen LogP contribution in [0.3, 0.4) is 0 Å². The van der Waals surface area contributed by atoms with Crippen LogP contribution in [0.25, 0.3) is 0 Å². The first-order valence-electron chi connectivity index (χ1n) is 5.99. The molecule has 4 heteroatoms. The van der Waals surface area contributed by atoms with Crippen LogP contribution in [-0.2, 0) is 6.54 Å². The van der Waals surface area contributed by atoms with Crippen molar-refractivity contribution in [2.24, 2.45) is 0 Å². The second kappa shape index (κ2) is 6.64. The van der Waals surface area contributed by atoms with Gasteiger partial charge in [0, 0.05) is 21.5 Å². The topological polar surface area (TPSA) is 12.0 Å². The first-order valence-corrected chi connectivity index (χ1v) is 7.57. The number of halogens is 3. The molecule has 0 saturated heterocycles. The molecule has 19 heavy (non-hydrogen) atoms. The summed E-state index contributed by atoms with van der Waals surface area (Å²) < 4.78 is 14.9. The number of nitrogens with one attached hydrogen (secondary N) is 1. The maximum Gasteiger partial charge on any atom is 0.124 e. The van der Waals surface area contributed by atoms with Crippen LogP contribution in [0.4, 0.5) is 4.39 Å². The van der Waals surface area contributed by atoms with E-state index in [0.717, 1.165) is 14.5 Å². The molecule has 0 heterocycles. The number of hydrogen-bond donors (Lipinski definition) is 1. The van der Waals surface area contributed by atoms with Gasteiger partial charge in [0.2, 0.25) is 0 Å². The fraction of sp³-hybridized carbons (Fsp3) is 0.200. The molecule has 1 N–H and O–H groups in total. The Morgan fingerprint density at radius 3 is 2.63 bits per heavy atom. The van der Waals surface area contributed by atoms with Crippen LogP contribution >= 0.6 is 31.9 Å². The largest absolute Gasteiger partial charge is 0.306 e. The van der Waals surface area contributed by atoms with Gasteiger partial charge in [0.1, 0.15) is 5.82 Å². The standard InChI is InChI=1S/C15H14Br2FN/c1-10(11-3-2-4-13(16)7-11)19-9-12-5-6-14(18)8-15(12)17/h2-8,10,19H,9H2,1H3/t10-/m1/s1. The molecule has 0 unspecified atom stereocenters. The zero-order valence-electron chi connectivity index (χ0n) is 10.5. The molecule has 1 nitrogen and oxygen atoms in total. The summed E-state index contributed by atoms with van der Waals surface area (Å²) in [5, 5.41) is 3.43. The van der Waals surface area contributed by atoms with Crippen LogP contribution < -0.4 is 5.32 Å². The van der Waals surface area contributed by atoms with Crippen molar-refractivity contribution < 1.29 is 4.39 Å². The molecule has 0 spiro atoms. The average molecular weight is 387 g/mol. The van der Waals surface area contributed by atoms with Gasteiger partial charge in [-0.15, -0.1) is 0 Å². The molecule has 100 valence electrons. The molecule has 0 aliphatic heterocycles. The molecule has 0 fully saturated rings. The zero-order valence-corrected chi connectivity index (χ0v) is 13.6. The zero-order chi connectivity index (χ0) is 13.8. The van der Waals surface area contributed by atoms with Gasteiger partial charge in [-0.05, 0) is 42.3 Å². The normalized spacial score (nSPS) is 12.4. The lowest BCUT2D eigenvalue weighted by atomic mass is 10.1. The van der Waals surface area contributed by atoms with E-state index in [0.29, 0.717) is 6.54 Å². The van der Waals surface area contributed by atoms with Crippen molar-refractivity contribution in [3.8, 4) is 0 Å². The summed E-state index contributed by atoms with van der Waals surface area (Å²) in [6, 6.07) is 13.2. The van der Waals surface area contributed by atoms with Crippen LogP contribution in [-0.4, -0.2) is 0 Å². The lowest BCUT2D eigenvalue weighted by Gasteiger charge is -2.15. The maximum absolute atomic E-state index is 13.0. The van der Waals surface area contributed by atoms with Crippen molar-refractivity contribution in [2.45, 2.75) is 19.5 Å². The van der Waals surface area contributed by atoms with Crippen LogP contribution in [0.5, 0.6) is 0 Å². The van der Waals surface area contributed by atoms with Gasteiger partial charge < -0.3 is 5.32 Å². The quantitative estimate of drug-likeness (QED) is 0.761. The van der Waals surface area contributed by atoms with E-state index in [2.05, 4.69) is 56.2 Å². The van der Waals surface area contributed by atoms with Crippen molar-refractivity contribution in [2.75, 3.05) is 0 Å². The summed E-state index contributed by atoms with van der Waals surface area (Å²) in [6.45, 7) is 2.80. The Labute approximate surface area is 129 Å². The fourth-order valence-corrected chi connectivity index (χ4v) is 2.73. The average Bonchev–Trinajstić information content (AvgIpc) is 2.37. The van der Waals surface area contributed by atoms with E-state index in [1.807, 2.05) is 12.1 Å². The molecule has 1 atom stereocenters. The summed E-state index contributed by atoms with van der Waals surface area (Å²) in [5.74, 6) is -0.226. The van der Waals surface area contributed by atoms with Crippen LogP contribution in [0.2, 0.25) is 0 Å². The molecule has 0 saturated carbocycles. The third-order valence-corrected chi connectivity index (χ3v) is 4.19. The van der Waals surface area contributed by atoms with E-state index in [-0.39, 0.29) is 11.9 Å². The summed E-state index contributed by atoms with van der Waals surface area (Å²) in [6.07, 6.45) is 0. The number of rotatable bonds is 4. The predicted octanol–water partition coefficient (Wildman–Crippen LogP) is 5.20. The Balaban J connectivity index is 2.02. The summed E-state index contributed by atoms with van der Waals surface area (Å²) >= 11 is 6.85. The van der Waals surface area contributed by atoms with Crippen molar-refractivity contribution in [3.05, 3.63) is 68.4 Å². The Hall–Kier alpha value is -0.710. The minimum Gasteiger partial charge on any atom is -0.306 e.